The van der Waals surface area contributed by atoms with Gasteiger partial charge in [-0.15, -0.1) is 0 Å². The largest absolute Gasteiger partial charge is 0.377 e. The zero-order chi connectivity index (χ0) is 12.2. The van der Waals surface area contributed by atoms with Crippen LogP contribution < -0.4 is 0 Å². The van der Waals surface area contributed by atoms with Crippen LogP contribution in [0.15, 0.2) is 0 Å². The average molecular weight is 250 g/mol. The molecule has 0 amide bonds. The second-order valence-corrected chi connectivity index (χ2v) is 5.44. The molecule has 0 aromatic heterocycles. The molecule has 0 radical (unpaired) electrons. The van der Waals surface area contributed by atoms with Gasteiger partial charge in [-0.3, -0.25) is 0 Å². The Bertz CT molecular complexity index is 174. The average Bonchev–Trinajstić information content (AvgIpc) is 2.26. The van der Waals surface area contributed by atoms with Crippen molar-refractivity contribution in [2.75, 3.05) is 0 Å². The molecule has 2 unspecified atom stereocenters. The molecule has 3 nitrogen and oxygen atoms in total. The van der Waals surface area contributed by atoms with E-state index in [1.807, 2.05) is 0 Å². The van der Waals surface area contributed by atoms with Gasteiger partial charge in [0.1, 0.15) is 0 Å². The lowest BCUT2D eigenvalue weighted by atomic mass is 10.1. The minimum atomic E-state index is -2.07. The van der Waals surface area contributed by atoms with Crippen LogP contribution >= 0.6 is 0 Å². The molecule has 0 saturated heterocycles. The fourth-order valence-corrected chi connectivity index (χ4v) is 2.10. The predicted octanol–water partition coefficient (Wildman–Crippen LogP) is 3.45. The summed E-state index contributed by atoms with van der Waals surface area (Å²) in [5.41, 5.74) is -1.05. The van der Waals surface area contributed by atoms with Crippen molar-refractivity contribution >= 4 is 11.1 Å². The summed E-state index contributed by atoms with van der Waals surface area (Å²) in [5.74, 6) is 0. The maximum atomic E-state index is 10.4. The number of aliphatic hydroxyl groups is 1. The van der Waals surface area contributed by atoms with Crippen LogP contribution in [-0.4, -0.2) is 19.3 Å². The highest BCUT2D eigenvalue weighted by Crippen LogP contribution is 2.11. The molecule has 0 aliphatic carbocycles. The maximum absolute atomic E-state index is 10.4. The zero-order valence-corrected chi connectivity index (χ0v) is 11.2. The van der Waals surface area contributed by atoms with Crippen LogP contribution in [-0.2, 0) is 11.1 Å². The summed E-state index contributed by atoms with van der Waals surface area (Å²) in [4.78, 5) is 0. The smallest absolute Gasteiger partial charge is 0.182 e. The Morgan fingerprint density at radius 2 is 1.38 bits per heavy atom. The molecule has 2 atom stereocenters. The molecule has 4 heteroatoms. The van der Waals surface area contributed by atoms with Crippen LogP contribution in [0.1, 0.15) is 71.1 Å². The molecule has 0 fully saturated rings. The number of hydrogen-bond acceptors (Lipinski definition) is 2. The molecule has 0 spiro atoms. The molecule has 0 aliphatic rings. The third-order valence-electron chi connectivity index (χ3n) is 2.79. The van der Waals surface area contributed by atoms with Crippen LogP contribution in [0.3, 0.4) is 0 Å². The first-order valence-electron chi connectivity index (χ1n) is 6.46. The quantitative estimate of drug-likeness (QED) is 0.436. The third-order valence-corrected chi connectivity index (χ3v) is 3.49. The molecule has 2 N–H and O–H groups in total. The standard InChI is InChI=1S/C12H26O3S/c1-2-3-4-5-6-7-8-9-10-11-12(13)16(14)15/h12-13H,2-11H2,1H3,(H,14,15). The fraction of sp³-hybridized carbons (Fsp3) is 1.00. The van der Waals surface area contributed by atoms with Crippen molar-refractivity contribution in [3.05, 3.63) is 0 Å². The van der Waals surface area contributed by atoms with Gasteiger partial charge in [0.25, 0.3) is 0 Å². The fourth-order valence-electron chi connectivity index (χ4n) is 1.73. The van der Waals surface area contributed by atoms with E-state index in [0.29, 0.717) is 6.42 Å². The molecular weight excluding hydrogens is 224 g/mol. The maximum Gasteiger partial charge on any atom is 0.182 e. The third kappa shape index (κ3) is 10.6. The molecule has 98 valence electrons. The molecule has 0 heterocycles. The van der Waals surface area contributed by atoms with Gasteiger partial charge in [0.2, 0.25) is 0 Å². The van der Waals surface area contributed by atoms with Crippen molar-refractivity contribution in [1.29, 1.82) is 0 Å². The van der Waals surface area contributed by atoms with E-state index in [1.165, 1.54) is 44.9 Å². The van der Waals surface area contributed by atoms with Gasteiger partial charge in [0.05, 0.1) is 0 Å². The summed E-state index contributed by atoms with van der Waals surface area (Å²) >= 11 is -2.07. The van der Waals surface area contributed by atoms with Crippen LogP contribution in [0.2, 0.25) is 0 Å². The summed E-state index contributed by atoms with van der Waals surface area (Å²) in [6, 6.07) is 0. The Hall–Kier alpha value is 0.0700. The zero-order valence-electron chi connectivity index (χ0n) is 10.4. The van der Waals surface area contributed by atoms with Gasteiger partial charge in [-0.25, -0.2) is 4.21 Å². The van der Waals surface area contributed by atoms with Crippen LogP contribution in [0.5, 0.6) is 0 Å². The van der Waals surface area contributed by atoms with Crippen LogP contribution in [0, 0.1) is 0 Å². The van der Waals surface area contributed by atoms with E-state index in [4.69, 9.17) is 9.66 Å². The monoisotopic (exact) mass is 250 g/mol. The first-order valence-corrected chi connectivity index (χ1v) is 7.63. The van der Waals surface area contributed by atoms with Gasteiger partial charge in [-0.05, 0) is 12.8 Å². The molecule has 0 aliphatic heterocycles. The van der Waals surface area contributed by atoms with Gasteiger partial charge < -0.3 is 9.66 Å². The predicted molar refractivity (Wildman–Crippen MR) is 68.6 cm³/mol. The van der Waals surface area contributed by atoms with Crippen molar-refractivity contribution in [2.24, 2.45) is 0 Å². The second kappa shape index (κ2) is 11.6. The Labute approximate surface area is 102 Å². The Kier molecular flexibility index (Phi) is 11.6. The van der Waals surface area contributed by atoms with Gasteiger partial charge in [-0.1, -0.05) is 58.3 Å². The van der Waals surface area contributed by atoms with Crippen molar-refractivity contribution in [1.82, 2.24) is 0 Å². The van der Waals surface area contributed by atoms with E-state index in [-0.39, 0.29) is 0 Å². The number of rotatable bonds is 11. The lowest BCUT2D eigenvalue weighted by Crippen LogP contribution is -2.12. The molecule has 0 aromatic carbocycles. The minimum Gasteiger partial charge on any atom is -0.377 e. The highest BCUT2D eigenvalue weighted by molar-refractivity contribution is 7.79. The highest BCUT2D eigenvalue weighted by Gasteiger charge is 2.08. The van der Waals surface area contributed by atoms with E-state index in [9.17, 15) is 4.21 Å². The summed E-state index contributed by atoms with van der Waals surface area (Å²) in [6.07, 6.45) is 11.4. The normalized spacial score (nSPS) is 14.9. The number of unbranched alkanes of at least 4 members (excludes halogenated alkanes) is 8. The first kappa shape index (κ1) is 16.1. The summed E-state index contributed by atoms with van der Waals surface area (Å²) in [5, 5.41) is 9.08. The number of aliphatic hydroxyl groups excluding tert-OH is 1. The Morgan fingerprint density at radius 3 is 1.81 bits per heavy atom. The highest BCUT2D eigenvalue weighted by atomic mass is 32.2. The Morgan fingerprint density at radius 1 is 0.938 bits per heavy atom. The van der Waals surface area contributed by atoms with E-state index >= 15 is 0 Å². The minimum absolute atomic E-state index is 0.443. The van der Waals surface area contributed by atoms with Crippen molar-refractivity contribution in [3.63, 3.8) is 0 Å². The van der Waals surface area contributed by atoms with Gasteiger partial charge in [0, 0.05) is 0 Å². The molecule has 0 bridgehead atoms. The van der Waals surface area contributed by atoms with Crippen molar-refractivity contribution in [2.45, 2.75) is 76.6 Å². The summed E-state index contributed by atoms with van der Waals surface area (Å²) < 4.78 is 19.0. The summed E-state index contributed by atoms with van der Waals surface area (Å²) in [7, 11) is 0. The molecule has 16 heavy (non-hydrogen) atoms. The molecule has 0 saturated carbocycles. The first-order chi connectivity index (χ1) is 7.68. The van der Waals surface area contributed by atoms with E-state index < -0.39 is 16.5 Å². The van der Waals surface area contributed by atoms with Crippen LogP contribution in [0.25, 0.3) is 0 Å². The van der Waals surface area contributed by atoms with Gasteiger partial charge in [0.15, 0.2) is 16.5 Å². The van der Waals surface area contributed by atoms with E-state index in [2.05, 4.69) is 6.92 Å². The molecule has 0 aromatic rings. The van der Waals surface area contributed by atoms with Gasteiger partial charge >= 0.3 is 0 Å². The molecular formula is C12H26O3S. The molecule has 0 rings (SSSR count). The lowest BCUT2D eigenvalue weighted by molar-refractivity contribution is 0.230. The second-order valence-electron chi connectivity index (χ2n) is 4.35. The lowest BCUT2D eigenvalue weighted by Gasteiger charge is -2.05. The van der Waals surface area contributed by atoms with Crippen LogP contribution in [0.4, 0.5) is 0 Å². The SMILES string of the molecule is CCCCCCCCCCCC(O)S(=O)O. The van der Waals surface area contributed by atoms with Gasteiger partial charge in [-0.2, -0.15) is 0 Å². The topological polar surface area (TPSA) is 57.5 Å². The number of hydrogen-bond donors (Lipinski definition) is 2. The van der Waals surface area contributed by atoms with E-state index in [1.54, 1.807) is 0 Å². The van der Waals surface area contributed by atoms with Crippen molar-refractivity contribution in [3.8, 4) is 0 Å². The Balaban J connectivity index is 3.07. The van der Waals surface area contributed by atoms with Crippen molar-refractivity contribution < 1.29 is 13.9 Å². The summed E-state index contributed by atoms with van der Waals surface area (Å²) in [6.45, 7) is 2.22. The van der Waals surface area contributed by atoms with E-state index in [0.717, 1.165) is 12.8 Å².